The summed E-state index contributed by atoms with van der Waals surface area (Å²) in [7, 11) is 0. The Bertz CT molecular complexity index is 3400. The van der Waals surface area contributed by atoms with Crippen molar-refractivity contribution >= 4 is 88.6 Å². The van der Waals surface area contributed by atoms with Crippen LogP contribution >= 0.6 is 0 Å². The van der Waals surface area contributed by atoms with E-state index in [2.05, 4.69) is 47.5 Å². The largest absolute Gasteiger partial charge is 0.481 e. The van der Waals surface area contributed by atoms with Crippen LogP contribution in [0, 0.1) is 46.3 Å². The van der Waals surface area contributed by atoms with Crippen LogP contribution in [0.3, 0.4) is 0 Å². The fraction of sp³-hybridized carbons (Fsp3) is 0.654. The summed E-state index contributed by atoms with van der Waals surface area (Å²) in [5, 5.41) is 62.8. The number of aliphatic imine (C=N–C) groups is 1. The maximum absolute atomic E-state index is 15.6. The van der Waals surface area contributed by atoms with Gasteiger partial charge in [0.2, 0.25) is 41.4 Å². The first-order chi connectivity index (χ1) is 50.6. The number of carbonyl (C=O) groups is 14. The number of carbonyl (C=O) groups excluding carboxylic acids is 13. The zero-order valence-corrected chi connectivity index (χ0v) is 66.1. The number of benzene rings is 2. The van der Waals surface area contributed by atoms with Gasteiger partial charge in [-0.05, 0) is 99.5 Å². The molecular formula is C78H126N12O20. The second-order valence-electron chi connectivity index (χ2n) is 32.1. The van der Waals surface area contributed by atoms with Crippen LogP contribution in [0.5, 0.6) is 0 Å². The first-order valence-corrected chi connectivity index (χ1v) is 37.0. The summed E-state index contributed by atoms with van der Waals surface area (Å²) in [6.07, 6.45) is -9.04. The summed E-state index contributed by atoms with van der Waals surface area (Å²) >= 11 is 0. The molecule has 0 fully saturated rings. The minimum atomic E-state index is -1.90. The number of nitrogens with zero attached hydrogens (tertiary/aromatic N) is 1. The van der Waals surface area contributed by atoms with E-state index in [1.807, 2.05) is 20.8 Å². The predicted octanol–water partition coefficient (Wildman–Crippen LogP) is 4.54. The van der Waals surface area contributed by atoms with Crippen LogP contribution < -0.4 is 59.7 Å². The van der Waals surface area contributed by atoms with Crippen LogP contribution in [0.2, 0.25) is 0 Å². The summed E-state index contributed by atoms with van der Waals surface area (Å²) in [6, 6.07) is 4.16. The highest BCUT2D eigenvalue weighted by Gasteiger charge is 2.43. The van der Waals surface area contributed by atoms with Gasteiger partial charge in [-0.1, -0.05) is 158 Å². The number of ether oxygens (including phenoxy) is 2. The Morgan fingerprint density at radius 3 is 1.55 bits per heavy atom. The minimum absolute atomic E-state index is 0. The van der Waals surface area contributed by atoms with Gasteiger partial charge in [0.15, 0.2) is 29.1 Å². The molecule has 2 aromatic rings. The van der Waals surface area contributed by atoms with E-state index in [-0.39, 0.29) is 70.1 Å². The van der Waals surface area contributed by atoms with Gasteiger partial charge in [-0.2, -0.15) is 0 Å². The van der Waals surface area contributed by atoms with Gasteiger partial charge in [0.25, 0.3) is 0 Å². The average molecular weight is 1550 g/mol. The molecule has 0 heterocycles. The first kappa shape index (κ1) is 98.6. The van der Waals surface area contributed by atoms with Crippen LogP contribution in [0.4, 0.5) is 9.59 Å². The van der Waals surface area contributed by atoms with Crippen LogP contribution in [-0.4, -0.2) is 182 Å². The van der Waals surface area contributed by atoms with Crippen molar-refractivity contribution in [1.29, 1.82) is 0 Å². The Balaban J connectivity index is 0.0000605. The minimum Gasteiger partial charge on any atom is -0.481 e. The predicted molar refractivity (Wildman–Crippen MR) is 412 cm³/mol. The van der Waals surface area contributed by atoms with Crippen molar-refractivity contribution < 1.29 is 97.0 Å². The average Bonchev–Trinajstić information content (AvgIpc) is 0.817. The molecule has 0 aliphatic rings. The lowest BCUT2D eigenvalue weighted by molar-refractivity contribution is -0.145. The fourth-order valence-corrected chi connectivity index (χ4v) is 11.8. The molecule has 2 rings (SSSR count). The Morgan fingerprint density at radius 2 is 1.05 bits per heavy atom. The van der Waals surface area contributed by atoms with E-state index in [0.29, 0.717) is 12.0 Å². The number of nitrogens with two attached hydrogens (primary N) is 3. The highest BCUT2D eigenvalue weighted by Crippen LogP contribution is 2.28. The van der Waals surface area contributed by atoms with E-state index in [4.69, 9.17) is 26.7 Å². The first-order valence-electron chi connectivity index (χ1n) is 37.0. The van der Waals surface area contributed by atoms with Gasteiger partial charge in [-0.15, -0.1) is 0 Å². The Kier molecular flexibility index (Phi) is 42.1. The number of alkyl carbamates (subject to hydrolysis) is 2. The number of carboxylic acid groups (broad SMARTS) is 1. The molecular weight excluding hydrogens is 1420 g/mol. The highest BCUT2D eigenvalue weighted by molar-refractivity contribution is 6.00. The molecule has 0 saturated heterocycles. The van der Waals surface area contributed by atoms with Crippen molar-refractivity contribution in [3.63, 3.8) is 0 Å². The third-order valence-corrected chi connectivity index (χ3v) is 17.7. The summed E-state index contributed by atoms with van der Waals surface area (Å²) < 4.78 is 11.2. The second-order valence-corrected chi connectivity index (χ2v) is 32.1. The number of hydrogen-bond donors (Lipinski definition) is 15. The molecule has 0 aliphatic heterocycles. The summed E-state index contributed by atoms with van der Waals surface area (Å²) in [6.45, 7) is 25.9. The molecule has 18 N–H and O–H groups in total. The van der Waals surface area contributed by atoms with Crippen molar-refractivity contribution in [2.75, 3.05) is 13.2 Å². The lowest BCUT2D eigenvalue weighted by Gasteiger charge is -2.34. The van der Waals surface area contributed by atoms with E-state index in [9.17, 15) is 73.2 Å². The third kappa shape index (κ3) is 37.3. The van der Waals surface area contributed by atoms with E-state index >= 15 is 14.4 Å². The van der Waals surface area contributed by atoms with Crippen LogP contribution in [-0.2, 0) is 73.6 Å². The van der Waals surface area contributed by atoms with E-state index < -0.39 is 234 Å². The maximum Gasteiger partial charge on any atom is 0.408 e. The molecule has 2 aromatic carbocycles. The van der Waals surface area contributed by atoms with Crippen molar-refractivity contribution in [2.45, 2.75) is 268 Å². The number of amides is 9. The number of carboxylic acids is 1. The number of Topliss-reactive ketones (excluding diaryl/α,β-unsaturated/α-hetero) is 4. The molecule has 9 amide bonds. The summed E-state index contributed by atoms with van der Waals surface area (Å²) in [5.74, 6) is -17.5. The molecule has 1 unspecified atom stereocenters. The van der Waals surface area contributed by atoms with Gasteiger partial charge in [-0.3, -0.25) is 62.5 Å². The standard InChI is InChI=1S/C77H122N12O20.CH4/c1-17-44(6)50(67(100)86-61(45(7)91)55(92)30-31-60(97)82-52(37-59(78)96)56(93)35-49(40-90)71(104)105)36-57(94)51(29-24-32-81-72(79)80)83-66(99)48(33-42(2)3)34-58(95)63(65(98)43(4)5)87-70(103)64(62(47-27-22-19-23-28-47)89-74(107)109-77(14,15)16)88-69(102)53(38-75(8,9)10)84-68(101)54(39-76(11,12)13)85-73(106)108-41-46-25-20-18-21-26-46;/h18-23,25-28,42-45,48-54,61-65,90-91,98H,17,24,29-41H2,1-16H3,(H2,78,96)(H,82,97)(H,83,99)(H,84,101)(H,85,106)(H,86,100)(H,87,103)(H,88,102)(H,89,107)(H,104,105)(H4,79,80,81);1H4/t44-,45-,48+,49-,50?,51+,52-,53-,54+,61-,62+,63+,64-,65+;/m0./s1. The van der Waals surface area contributed by atoms with E-state index in [1.165, 1.54) is 6.92 Å². The van der Waals surface area contributed by atoms with Gasteiger partial charge in [0.1, 0.15) is 42.4 Å². The number of primary amides is 1. The number of hydrogen-bond acceptors (Lipinski definition) is 20. The number of aliphatic hydroxyl groups excluding tert-OH is 3. The molecule has 0 radical (unpaired) electrons. The molecule has 14 atom stereocenters. The van der Waals surface area contributed by atoms with Crippen LogP contribution in [0.1, 0.15) is 212 Å². The van der Waals surface area contributed by atoms with Crippen molar-refractivity contribution in [2.24, 2.45) is 68.5 Å². The Morgan fingerprint density at radius 1 is 0.536 bits per heavy atom. The third-order valence-electron chi connectivity index (χ3n) is 17.7. The molecule has 0 aromatic heterocycles. The van der Waals surface area contributed by atoms with Gasteiger partial charge in [0, 0.05) is 50.5 Å². The maximum atomic E-state index is 15.6. The number of rotatable bonds is 47. The number of guanidine groups is 1. The van der Waals surface area contributed by atoms with Crippen LogP contribution in [0.15, 0.2) is 65.7 Å². The number of aliphatic carboxylic acids is 1. The highest BCUT2D eigenvalue weighted by atomic mass is 16.6. The van der Waals surface area contributed by atoms with Crippen LogP contribution in [0.25, 0.3) is 0 Å². The lowest BCUT2D eigenvalue weighted by Crippen LogP contribution is -2.62. The number of nitrogens with one attached hydrogen (secondary N) is 8. The van der Waals surface area contributed by atoms with Crippen molar-refractivity contribution in [1.82, 2.24) is 42.5 Å². The molecule has 32 nitrogen and oxygen atoms in total. The van der Waals surface area contributed by atoms with E-state index in [0.717, 1.165) is 0 Å². The quantitative estimate of drug-likeness (QED) is 0.0246. The molecule has 618 valence electrons. The normalized spacial score (nSPS) is 15.5. The Hall–Kier alpha value is -9.43. The molecule has 0 spiro atoms. The topological polar surface area (TPSA) is 525 Å². The monoisotopic (exact) mass is 1550 g/mol. The molecule has 0 bridgehead atoms. The zero-order valence-electron chi connectivity index (χ0n) is 66.1. The second kappa shape index (κ2) is 46.9. The summed E-state index contributed by atoms with van der Waals surface area (Å²) in [5.41, 5.74) is 15.1. The van der Waals surface area contributed by atoms with Gasteiger partial charge < -0.3 is 89.6 Å². The van der Waals surface area contributed by atoms with E-state index in [1.54, 1.807) is 144 Å². The number of ketones is 4. The summed E-state index contributed by atoms with van der Waals surface area (Å²) in [4.78, 5) is 199. The smallest absolute Gasteiger partial charge is 0.408 e. The molecule has 0 saturated carbocycles. The lowest BCUT2D eigenvalue weighted by atomic mass is 9.83. The van der Waals surface area contributed by atoms with Crippen molar-refractivity contribution in [3.8, 4) is 0 Å². The van der Waals surface area contributed by atoms with Gasteiger partial charge in [0.05, 0.1) is 49.3 Å². The fourth-order valence-electron chi connectivity index (χ4n) is 11.8. The zero-order chi connectivity index (χ0) is 83.0. The Labute approximate surface area is 647 Å². The molecule has 0 aliphatic carbocycles. The van der Waals surface area contributed by atoms with Crippen molar-refractivity contribution in [3.05, 3.63) is 71.8 Å². The molecule has 32 heteroatoms. The van der Waals surface area contributed by atoms with Gasteiger partial charge >= 0.3 is 18.2 Å². The van der Waals surface area contributed by atoms with Gasteiger partial charge in [-0.25, -0.2) is 9.59 Å². The SMILES string of the molecule is C.CC[C@H](C)C(CC(=O)[C@@H](CCCN=C(N)N)NC(=O)[C@@H](CC(=O)[C@@H](NC(=O)[C@@H](NC(=O)[C@H](CC(C)(C)C)NC(=O)[C@@H](CC(C)(C)C)NC(=O)OCc1ccccc1)[C@H](NC(=O)OC(C)(C)C)c1ccccc1)[C@H](O)C(C)C)CC(C)C)C(=O)N[C@H](C(=O)CCC(=O)N[C@@H](CC(N)=O)C(=O)C[C@@H](CO)C(=O)O)[C@H](C)O. The number of aliphatic hydroxyl groups is 3. The molecule has 110 heavy (non-hydrogen) atoms.